The van der Waals surface area contributed by atoms with Gasteiger partial charge in [-0.2, -0.15) is 0 Å². The Kier molecular flexibility index (Phi) is 6.76. The van der Waals surface area contributed by atoms with Gasteiger partial charge in [0.15, 0.2) is 0 Å². The number of hydrogen-bond donors (Lipinski definition) is 0. The fraction of sp³-hybridized carbons (Fsp3) is 0.278. The summed E-state index contributed by atoms with van der Waals surface area (Å²) in [6.07, 6.45) is 0.336. The van der Waals surface area contributed by atoms with Gasteiger partial charge in [-0.15, -0.1) is 0 Å². The van der Waals surface area contributed by atoms with E-state index in [9.17, 15) is 4.79 Å². The highest BCUT2D eigenvalue weighted by Crippen LogP contribution is 2.16. The molecule has 0 fully saturated rings. The van der Waals surface area contributed by atoms with Gasteiger partial charge in [0.25, 0.3) is 0 Å². The topological polar surface area (TPSA) is 38.8 Å². The first kappa shape index (κ1) is 17.2. The maximum absolute atomic E-state index is 12.0. The van der Waals surface area contributed by atoms with E-state index in [0.29, 0.717) is 37.0 Å². The molecule has 0 heterocycles. The Bertz CT molecular complexity index is 619. The van der Waals surface area contributed by atoms with Crippen LogP contribution >= 0.6 is 11.6 Å². The number of amides is 1. The Labute approximate surface area is 141 Å². The van der Waals surface area contributed by atoms with E-state index in [1.165, 1.54) is 0 Å². The lowest BCUT2D eigenvalue weighted by molar-refractivity contribution is -0.130. The lowest BCUT2D eigenvalue weighted by Crippen LogP contribution is -2.31. The number of nitrogens with zero attached hydrogens (tertiary/aromatic N) is 1. The second-order valence-corrected chi connectivity index (χ2v) is 5.47. The van der Waals surface area contributed by atoms with E-state index in [1.54, 1.807) is 24.1 Å². The number of ether oxygens (including phenoxy) is 2. The summed E-state index contributed by atoms with van der Waals surface area (Å²) >= 11 is 5.89. The van der Waals surface area contributed by atoms with Crippen molar-refractivity contribution in [3.8, 4) is 11.5 Å². The van der Waals surface area contributed by atoms with Crippen LogP contribution in [0.3, 0.4) is 0 Å². The van der Waals surface area contributed by atoms with E-state index in [-0.39, 0.29) is 5.91 Å². The minimum absolute atomic E-state index is 0.0237. The van der Waals surface area contributed by atoms with Crippen LogP contribution in [0.15, 0.2) is 54.6 Å². The van der Waals surface area contributed by atoms with Crippen LogP contribution in [0.4, 0.5) is 0 Å². The van der Waals surface area contributed by atoms with Gasteiger partial charge >= 0.3 is 0 Å². The number of benzene rings is 2. The lowest BCUT2D eigenvalue weighted by Gasteiger charge is -2.17. The zero-order chi connectivity index (χ0) is 16.5. The number of para-hydroxylation sites is 1. The molecule has 0 radical (unpaired) electrons. The van der Waals surface area contributed by atoms with Crippen molar-refractivity contribution in [3.63, 3.8) is 0 Å². The molecule has 5 heteroatoms. The second kappa shape index (κ2) is 9.06. The Hall–Kier alpha value is -2.20. The van der Waals surface area contributed by atoms with Gasteiger partial charge in [0.05, 0.1) is 19.6 Å². The molecule has 2 aromatic carbocycles. The molecule has 2 rings (SSSR count). The van der Waals surface area contributed by atoms with Gasteiger partial charge in [-0.1, -0.05) is 35.9 Å². The lowest BCUT2D eigenvalue weighted by atomic mass is 10.3. The quantitative estimate of drug-likeness (QED) is 0.740. The zero-order valence-corrected chi connectivity index (χ0v) is 13.8. The molecule has 0 spiro atoms. The predicted octanol–water partition coefficient (Wildman–Crippen LogP) is 3.65. The third-order valence-corrected chi connectivity index (χ3v) is 3.48. The van der Waals surface area contributed by atoms with Crippen molar-refractivity contribution in [1.29, 1.82) is 0 Å². The number of likely N-dealkylation sites (N-methyl/N-ethyl adjacent to an activating group) is 1. The fourth-order valence-corrected chi connectivity index (χ4v) is 2.13. The van der Waals surface area contributed by atoms with Gasteiger partial charge in [0, 0.05) is 12.1 Å². The first-order chi connectivity index (χ1) is 11.1. The van der Waals surface area contributed by atoms with Gasteiger partial charge in [-0.3, -0.25) is 4.79 Å². The molecule has 0 saturated heterocycles. The van der Waals surface area contributed by atoms with Crippen molar-refractivity contribution in [3.05, 3.63) is 59.6 Å². The van der Waals surface area contributed by atoms with Crippen molar-refractivity contribution in [1.82, 2.24) is 4.90 Å². The molecule has 0 aliphatic heterocycles. The Morgan fingerprint density at radius 2 is 1.70 bits per heavy atom. The number of carbonyl (C=O) groups excluding carboxylic acids is 1. The SMILES string of the molecule is CN(CCOc1cccc(Cl)c1)C(=O)CCOc1ccccc1. The maximum Gasteiger partial charge on any atom is 0.225 e. The van der Waals surface area contributed by atoms with Crippen LogP contribution in [-0.2, 0) is 4.79 Å². The van der Waals surface area contributed by atoms with Gasteiger partial charge in [-0.05, 0) is 30.3 Å². The first-order valence-corrected chi connectivity index (χ1v) is 7.83. The molecule has 23 heavy (non-hydrogen) atoms. The minimum Gasteiger partial charge on any atom is -0.493 e. The van der Waals surface area contributed by atoms with Crippen LogP contribution in [-0.4, -0.2) is 37.6 Å². The average Bonchev–Trinajstić information content (AvgIpc) is 2.55. The molecule has 0 aliphatic carbocycles. The predicted molar refractivity (Wildman–Crippen MR) is 91.1 cm³/mol. The van der Waals surface area contributed by atoms with Crippen molar-refractivity contribution in [2.24, 2.45) is 0 Å². The largest absolute Gasteiger partial charge is 0.493 e. The molecule has 0 N–H and O–H groups in total. The van der Waals surface area contributed by atoms with E-state index >= 15 is 0 Å². The number of carbonyl (C=O) groups is 1. The third kappa shape index (κ3) is 6.20. The summed E-state index contributed by atoms with van der Waals surface area (Å²) in [4.78, 5) is 13.6. The van der Waals surface area contributed by atoms with E-state index in [0.717, 1.165) is 5.75 Å². The van der Waals surface area contributed by atoms with E-state index in [1.807, 2.05) is 42.5 Å². The van der Waals surface area contributed by atoms with Crippen LogP contribution < -0.4 is 9.47 Å². The minimum atomic E-state index is 0.0237. The average molecular weight is 334 g/mol. The van der Waals surface area contributed by atoms with Gasteiger partial charge < -0.3 is 14.4 Å². The molecule has 0 saturated carbocycles. The smallest absolute Gasteiger partial charge is 0.225 e. The molecule has 2 aromatic rings. The molecule has 122 valence electrons. The molecule has 0 aliphatic rings. The molecule has 0 bridgehead atoms. The summed E-state index contributed by atoms with van der Waals surface area (Å²) in [5.74, 6) is 1.49. The van der Waals surface area contributed by atoms with Gasteiger partial charge in [0.2, 0.25) is 5.91 Å². The van der Waals surface area contributed by atoms with Crippen molar-refractivity contribution in [2.45, 2.75) is 6.42 Å². The summed E-state index contributed by atoms with van der Waals surface area (Å²) in [6.45, 7) is 1.29. The van der Waals surface area contributed by atoms with Crippen LogP contribution in [0.5, 0.6) is 11.5 Å². The molecule has 0 atom stereocenters. The highest BCUT2D eigenvalue weighted by Gasteiger charge is 2.09. The monoisotopic (exact) mass is 333 g/mol. The molecule has 0 aromatic heterocycles. The first-order valence-electron chi connectivity index (χ1n) is 7.45. The Morgan fingerprint density at radius 1 is 1.00 bits per heavy atom. The number of hydrogen-bond acceptors (Lipinski definition) is 3. The third-order valence-electron chi connectivity index (χ3n) is 3.25. The summed E-state index contributed by atoms with van der Waals surface area (Å²) in [5, 5.41) is 0.630. The van der Waals surface area contributed by atoms with E-state index in [2.05, 4.69) is 0 Å². The molecule has 1 amide bonds. The van der Waals surface area contributed by atoms with Gasteiger partial charge in [-0.25, -0.2) is 0 Å². The highest BCUT2D eigenvalue weighted by atomic mass is 35.5. The van der Waals surface area contributed by atoms with Crippen molar-refractivity contribution >= 4 is 17.5 Å². The Morgan fingerprint density at radius 3 is 2.43 bits per heavy atom. The summed E-state index contributed by atoms with van der Waals surface area (Å²) in [7, 11) is 1.76. The van der Waals surface area contributed by atoms with Crippen LogP contribution in [0, 0.1) is 0 Å². The maximum atomic E-state index is 12.0. The van der Waals surface area contributed by atoms with Crippen molar-refractivity contribution < 1.29 is 14.3 Å². The van der Waals surface area contributed by atoms with E-state index < -0.39 is 0 Å². The van der Waals surface area contributed by atoms with E-state index in [4.69, 9.17) is 21.1 Å². The zero-order valence-electron chi connectivity index (χ0n) is 13.1. The standard InChI is InChI=1S/C18H20ClNO3/c1-20(11-13-23-17-9-5-6-15(19)14-17)18(21)10-12-22-16-7-3-2-4-8-16/h2-9,14H,10-13H2,1H3. The van der Waals surface area contributed by atoms with Crippen LogP contribution in [0.1, 0.15) is 6.42 Å². The van der Waals surface area contributed by atoms with Gasteiger partial charge in [0.1, 0.15) is 18.1 Å². The molecular weight excluding hydrogens is 314 g/mol. The fourth-order valence-electron chi connectivity index (χ4n) is 1.95. The summed E-state index contributed by atoms with van der Waals surface area (Å²) in [6, 6.07) is 16.7. The van der Waals surface area contributed by atoms with Crippen LogP contribution in [0.25, 0.3) is 0 Å². The molecule has 4 nitrogen and oxygen atoms in total. The highest BCUT2D eigenvalue weighted by molar-refractivity contribution is 6.30. The van der Waals surface area contributed by atoms with Crippen LogP contribution in [0.2, 0.25) is 5.02 Å². The Balaban J connectivity index is 1.64. The summed E-state index contributed by atoms with van der Waals surface area (Å²) in [5.41, 5.74) is 0. The number of halogens is 1. The number of rotatable bonds is 8. The van der Waals surface area contributed by atoms with Crippen molar-refractivity contribution in [2.75, 3.05) is 26.8 Å². The normalized spacial score (nSPS) is 10.2. The molecular formula is C18H20ClNO3. The summed E-state index contributed by atoms with van der Waals surface area (Å²) < 4.78 is 11.1. The second-order valence-electron chi connectivity index (χ2n) is 5.03. The molecule has 0 unspecified atom stereocenters.